The van der Waals surface area contributed by atoms with Gasteiger partial charge in [0.15, 0.2) is 0 Å². The van der Waals surface area contributed by atoms with Crippen LogP contribution in [-0.4, -0.2) is 43.3 Å². The molecule has 4 heteroatoms. The molecule has 1 heterocycles. The van der Waals surface area contributed by atoms with Gasteiger partial charge in [0.1, 0.15) is 0 Å². The molecule has 0 N–H and O–H groups in total. The summed E-state index contributed by atoms with van der Waals surface area (Å²) in [6.45, 7) is 5.68. The van der Waals surface area contributed by atoms with Gasteiger partial charge in [-0.15, -0.1) is 0 Å². The number of hydrogen-bond acceptors (Lipinski definition) is 3. The van der Waals surface area contributed by atoms with Gasteiger partial charge in [0.25, 0.3) is 0 Å². The van der Waals surface area contributed by atoms with Crippen LogP contribution in [0.3, 0.4) is 0 Å². The number of carbonyl (C=O) groups is 1. The van der Waals surface area contributed by atoms with Gasteiger partial charge in [-0.1, -0.05) is 18.2 Å². The summed E-state index contributed by atoms with van der Waals surface area (Å²) < 4.78 is 4.80. The Morgan fingerprint density at radius 2 is 1.72 bits per heavy atom. The average molecular weight is 248 g/mol. The van der Waals surface area contributed by atoms with Crippen LogP contribution >= 0.6 is 0 Å². The predicted molar refractivity (Wildman–Crippen MR) is 71.8 cm³/mol. The largest absolute Gasteiger partial charge is 0.453 e. The van der Waals surface area contributed by atoms with Crippen LogP contribution in [0.15, 0.2) is 30.3 Å². The second-order valence-electron chi connectivity index (χ2n) is 4.82. The molecule has 1 aromatic carbocycles. The van der Waals surface area contributed by atoms with Gasteiger partial charge < -0.3 is 14.5 Å². The summed E-state index contributed by atoms with van der Waals surface area (Å²) in [6.07, 6.45) is -0.235. The van der Waals surface area contributed by atoms with Gasteiger partial charge in [-0.05, 0) is 26.0 Å². The molecule has 2 rings (SSSR count). The Morgan fingerprint density at radius 3 is 2.22 bits per heavy atom. The highest BCUT2D eigenvalue weighted by Gasteiger charge is 2.32. The van der Waals surface area contributed by atoms with Crippen LogP contribution in [0.1, 0.15) is 13.8 Å². The van der Waals surface area contributed by atoms with Crippen LogP contribution < -0.4 is 4.90 Å². The summed E-state index contributed by atoms with van der Waals surface area (Å²) in [5.41, 5.74) is 1.21. The highest BCUT2D eigenvalue weighted by Crippen LogP contribution is 2.24. The van der Waals surface area contributed by atoms with Gasteiger partial charge >= 0.3 is 6.09 Å². The quantitative estimate of drug-likeness (QED) is 0.765. The molecular weight excluding hydrogens is 228 g/mol. The lowest BCUT2D eigenvalue weighted by molar-refractivity contribution is 0.109. The van der Waals surface area contributed by atoms with E-state index in [9.17, 15) is 4.79 Å². The number of ether oxygens (including phenoxy) is 1. The van der Waals surface area contributed by atoms with E-state index in [1.165, 1.54) is 12.8 Å². The van der Waals surface area contributed by atoms with Crippen LogP contribution in [-0.2, 0) is 4.74 Å². The standard InChI is InChI=1S/C14H20N2O2/c1-11-9-15(14(17)18-3)10-12(2)16(11)13-7-5-4-6-8-13/h4-8,11-12H,9-10H2,1-3H3. The number of anilines is 1. The smallest absolute Gasteiger partial charge is 0.409 e. The zero-order valence-corrected chi connectivity index (χ0v) is 11.2. The lowest BCUT2D eigenvalue weighted by Gasteiger charge is -2.45. The minimum absolute atomic E-state index is 0.235. The molecule has 0 bridgehead atoms. The maximum atomic E-state index is 11.6. The lowest BCUT2D eigenvalue weighted by Crippen LogP contribution is -2.58. The van der Waals surface area contributed by atoms with Crippen molar-refractivity contribution in [2.75, 3.05) is 25.1 Å². The van der Waals surface area contributed by atoms with Crippen molar-refractivity contribution < 1.29 is 9.53 Å². The van der Waals surface area contributed by atoms with Crippen LogP contribution in [0, 0.1) is 0 Å². The predicted octanol–water partition coefficient (Wildman–Crippen LogP) is 2.35. The first-order valence-electron chi connectivity index (χ1n) is 6.29. The van der Waals surface area contributed by atoms with Gasteiger partial charge in [0, 0.05) is 30.9 Å². The molecule has 0 spiro atoms. The van der Waals surface area contributed by atoms with Crippen LogP contribution in [0.5, 0.6) is 0 Å². The second-order valence-corrected chi connectivity index (χ2v) is 4.82. The topological polar surface area (TPSA) is 32.8 Å². The zero-order chi connectivity index (χ0) is 13.1. The number of benzene rings is 1. The van der Waals surface area contributed by atoms with Gasteiger partial charge in [0.2, 0.25) is 0 Å². The molecule has 2 unspecified atom stereocenters. The van der Waals surface area contributed by atoms with Crippen LogP contribution in [0.4, 0.5) is 10.5 Å². The van der Waals surface area contributed by atoms with Crippen molar-refractivity contribution in [3.8, 4) is 0 Å². The molecule has 2 atom stereocenters. The summed E-state index contributed by atoms with van der Waals surface area (Å²) >= 11 is 0. The zero-order valence-electron chi connectivity index (χ0n) is 11.2. The van der Waals surface area contributed by atoms with Gasteiger partial charge in [-0.25, -0.2) is 4.79 Å². The van der Waals surface area contributed by atoms with Crippen molar-refractivity contribution in [2.45, 2.75) is 25.9 Å². The van der Waals surface area contributed by atoms with E-state index in [-0.39, 0.29) is 18.2 Å². The van der Waals surface area contributed by atoms with E-state index in [2.05, 4.69) is 30.9 Å². The average Bonchev–Trinajstić information content (AvgIpc) is 2.38. The third kappa shape index (κ3) is 2.42. The van der Waals surface area contributed by atoms with Crippen molar-refractivity contribution in [3.05, 3.63) is 30.3 Å². The lowest BCUT2D eigenvalue weighted by atomic mass is 10.1. The number of piperazine rings is 1. The van der Waals surface area contributed by atoms with Gasteiger partial charge in [0.05, 0.1) is 7.11 Å². The van der Waals surface area contributed by atoms with Crippen molar-refractivity contribution in [2.24, 2.45) is 0 Å². The fourth-order valence-electron chi connectivity index (χ4n) is 2.71. The Bertz CT molecular complexity index is 396. The molecule has 0 aliphatic carbocycles. The molecule has 0 radical (unpaired) electrons. The van der Waals surface area contributed by atoms with E-state index >= 15 is 0 Å². The maximum absolute atomic E-state index is 11.6. The number of para-hydroxylation sites is 1. The van der Waals surface area contributed by atoms with E-state index in [1.54, 1.807) is 4.90 Å². The molecule has 1 saturated heterocycles. The molecule has 1 amide bonds. The molecule has 98 valence electrons. The summed E-state index contributed by atoms with van der Waals surface area (Å²) in [7, 11) is 1.43. The van der Waals surface area contributed by atoms with Crippen LogP contribution in [0.25, 0.3) is 0 Å². The van der Waals surface area contributed by atoms with E-state index in [4.69, 9.17) is 4.74 Å². The molecule has 1 aliphatic rings. The fourth-order valence-corrected chi connectivity index (χ4v) is 2.71. The van der Waals surface area contributed by atoms with Crippen molar-refractivity contribution >= 4 is 11.8 Å². The molecule has 0 saturated carbocycles. The summed E-state index contributed by atoms with van der Waals surface area (Å²) in [5, 5.41) is 0. The Kier molecular flexibility index (Phi) is 3.75. The van der Waals surface area contributed by atoms with E-state index in [0.717, 1.165) is 0 Å². The Morgan fingerprint density at radius 1 is 1.17 bits per heavy atom. The minimum atomic E-state index is -0.235. The Hall–Kier alpha value is -1.71. The van der Waals surface area contributed by atoms with Gasteiger partial charge in [-0.2, -0.15) is 0 Å². The Balaban J connectivity index is 2.14. The first kappa shape index (κ1) is 12.7. The first-order valence-corrected chi connectivity index (χ1v) is 6.29. The minimum Gasteiger partial charge on any atom is -0.453 e. The molecule has 1 aromatic rings. The van der Waals surface area contributed by atoms with Crippen molar-refractivity contribution in [1.29, 1.82) is 0 Å². The number of amides is 1. The normalized spacial score (nSPS) is 23.9. The molecule has 4 nitrogen and oxygen atoms in total. The summed E-state index contributed by atoms with van der Waals surface area (Å²) in [5.74, 6) is 0. The molecule has 18 heavy (non-hydrogen) atoms. The van der Waals surface area contributed by atoms with Crippen LogP contribution in [0.2, 0.25) is 0 Å². The SMILES string of the molecule is COC(=O)N1CC(C)N(c2ccccc2)C(C)C1. The molecule has 1 fully saturated rings. The number of methoxy groups -OCH3 is 1. The summed E-state index contributed by atoms with van der Waals surface area (Å²) in [4.78, 5) is 15.7. The number of hydrogen-bond donors (Lipinski definition) is 0. The number of carbonyl (C=O) groups excluding carboxylic acids is 1. The monoisotopic (exact) mass is 248 g/mol. The third-order valence-electron chi connectivity index (χ3n) is 3.41. The number of nitrogens with zero attached hydrogens (tertiary/aromatic N) is 2. The van der Waals surface area contributed by atoms with E-state index in [0.29, 0.717) is 13.1 Å². The molecule has 0 aromatic heterocycles. The number of rotatable bonds is 1. The maximum Gasteiger partial charge on any atom is 0.409 e. The van der Waals surface area contributed by atoms with Crippen molar-refractivity contribution in [3.63, 3.8) is 0 Å². The van der Waals surface area contributed by atoms with Gasteiger partial charge in [-0.3, -0.25) is 0 Å². The van der Waals surface area contributed by atoms with E-state index < -0.39 is 0 Å². The fraction of sp³-hybridized carbons (Fsp3) is 0.500. The highest BCUT2D eigenvalue weighted by atomic mass is 16.5. The van der Waals surface area contributed by atoms with E-state index in [1.807, 2.05) is 18.2 Å². The molecular formula is C14H20N2O2. The second kappa shape index (κ2) is 5.29. The Labute approximate surface area is 108 Å². The summed E-state index contributed by atoms with van der Waals surface area (Å²) in [6, 6.07) is 10.9. The molecule has 1 aliphatic heterocycles. The van der Waals surface area contributed by atoms with Crippen molar-refractivity contribution in [1.82, 2.24) is 4.90 Å². The highest BCUT2D eigenvalue weighted by molar-refractivity contribution is 5.68. The first-order chi connectivity index (χ1) is 8.63. The third-order valence-corrected chi connectivity index (χ3v) is 3.41.